The van der Waals surface area contributed by atoms with Crippen LogP contribution in [0.1, 0.15) is 59.9 Å². The van der Waals surface area contributed by atoms with Crippen LogP contribution < -0.4 is 9.47 Å². The van der Waals surface area contributed by atoms with Crippen molar-refractivity contribution in [3.05, 3.63) is 113 Å². The van der Waals surface area contributed by atoms with Crippen molar-refractivity contribution in [2.45, 2.75) is 55.8 Å². The van der Waals surface area contributed by atoms with Gasteiger partial charge in [-0.1, -0.05) is 67.0 Å². The third-order valence-electron chi connectivity index (χ3n) is 8.22. The number of ether oxygens (including phenoxy) is 2. The maximum absolute atomic E-state index is 14.9. The number of unbranched alkanes of at least 4 members (excludes halogenated alkanes) is 1. The molecule has 0 radical (unpaired) electrons. The van der Waals surface area contributed by atoms with E-state index in [1.807, 2.05) is 31.2 Å². The van der Waals surface area contributed by atoms with Crippen molar-refractivity contribution in [1.29, 1.82) is 0 Å². The van der Waals surface area contributed by atoms with Gasteiger partial charge in [-0.05, 0) is 82.6 Å². The zero-order chi connectivity index (χ0) is 35.4. The van der Waals surface area contributed by atoms with Crippen LogP contribution in [0.3, 0.4) is 0 Å². The molecule has 4 aromatic rings. The smallest absolute Gasteiger partial charge is 0.437 e. The van der Waals surface area contributed by atoms with Gasteiger partial charge >= 0.3 is 12.4 Å². The molecule has 0 aliphatic heterocycles. The quantitative estimate of drug-likeness (QED) is 0.0435. The summed E-state index contributed by atoms with van der Waals surface area (Å²) in [5.41, 5.74) is 0.508. The zero-order valence-electron chi connectivity index (χ0n) is 26.3. The van der Waals surface area contributed by atoms with Crippen LogP contribution in [-0.2, 0) is 16.3 Å². The summed E-state index contributed by atoms with van der Waals surface area (Å²) >= 11 is 0. The van der Waals surface area contributed by atoms with Gasteiger partial charge in [0.05, 0.1) is 23.9 Å². The molecule has 0 fully saturated rings. The van der Waals surface area contributed by atoms with Gasteiger partial charge in [0.1, 0.15) is 17.4 Å². The molecule has 1 atom stereocenters. The summed E-state index contributed by atoms with van der Waals surface area (Å²) in [7, 11) is -4.07. The van der Waals surface area contributed by atoms with E-state index in [-0.39, 0.29) is 58.5 Å². The first-order valence-corrected chi connectivity index (χ1v) is 17.2. The average molecular weight is 706 g/mol. The first-order valence-electron chi connectivity index (χ1n) is 15.5. The van der Waals surface area contributed by atoms with Gasteiger partial charge in [0.25, 0.3) is 0 Å². The van der Waals surface area contributed by atoms with Crippen LogP contribution in [0.25, 0.3) is 11.1 Å². The maximum atomic E-state index is 14.9. The molecule has 0 amide bonds. The molecule has 13 heteroatoms. The van der Waals surface area contributed by atoms with Gasteiger partial charge in [0.2, 0.25) is 0 Å². The predicted octanol–water partition coefficient (Wildman–Crippen LogP) is 9.11. The predicted molar refractivity (Wildman–Crippen MR) is 172 cm³/mol. The lowest BCUT2D eigenvalue weighted by Gasteiger charge is -2.25. The SMILES string of the molecule is CCCCS(=O)(=O)c1c(C(c2ccc(OCCCOc3ccc(C(=NO)C(F)(F)F)cc3)cc2)C(F)(F)F)ccc2c1Cc1ccccc1-2. The van der Waals surface area contributed by atoms with E-state index in [2.05, 4.69) is 5.16 Å². The number of fused-ring (bicyclic) bond motifs is 3. The van der Waals surface area contributed by atoms with Gasteiger partial charge in [-0.2, -0.15) is 26.3 Å². The fourth-order valence-electron chi connectivity index (χ4n) is 5.96. The molecule has 1 N–H and O–H groups in total. The van der Waals surface area contributed by atoms with Crippen LogP contribution in [0, 0.1) is 0 Å². The molecule has 0 saturated carbocycles. The second kappa shape index (κ2) is 14.5. The molecule has 0 aromatic heterocycles. The Morgan fingerprint density at radius 1 is 0.816 bits per heavy atom. The molecule has 1 aliphatic rings. The molecular formula is C36H33F6NO5S. The highest BCUT2D eigenvalue weighted by Gasteiger charge is 2.45. The Morgan fingerprint density at radius 2 is 1.43 bits per heavy atom. The van der Waals surface area contributed by atoms with Crippen LogP contribution in [0.15, 0.2) is 95.0 Å². The van der Waals surface area contributed by atoms with E-state index in [4.69, 9.17) is 14.7 Å². The van der Waals surface area contributed by atoms with Crippen molar-refractivity contribution in [3.8, 4) is 22.6 Å². The van der Waals surface area contributed by atoms with Crippen molar-refractivity contribution in [3.63, 3.8) is 0 Å². The Labute approximate surface area is 279 Å². The molecule has 5 rings (SSSR count). The molecule has 1 unspecified atom stereocenters. The fourth-order valence-corrected chi connectivity index (χ4v) is 7.94. The summed E-state index contributed by atoms with van der Waals surface area (Å²) in [5.74, 6) is -1.89. The van der Waals surface area contributed by atoms with Gasteiger partial charge in [-0.25, -0.2) is 8.42 Å². The Morgan fingerprint density at radius 3 is 2.00 bits per heavy atom. The van der Waals surface area contributed by atoms with Crippen molar-refractivity contribution in [2.24, 2.45) is 5.16 Å². The minimum Gasteiger partial charge on any atom is -0.493 e. The maximum Gasteiger partial charge on any atom is 0.437 e. The topological polar surface area (TPSA) is 85.2 Å². The second-order valence-electron chi connectivity index (χ2n) is 11.6. The third-order valence-corrected chi connectivity index (χ3v) is 10.1. The van der Waals surface area contributed by atoms with Crippen molar-refractivity contribution in [1.82, 2.24) is 0 Å². The highest BCUT2D eigenvalue weighted by Crippen LogP contribution is 2.48. The minimum atomic E-state index is -4.83. The number of hydrogen-bond acceptors (Lipinski definition) is 6. The van der Waals surface area contributed by atoms with E-state index in [0.717, 1.165) is 23.3 Å². The third kappa shape index (κ3) is 8.04. The Bertz CT molecular complexity index is 1900. The summed E-state index contributed by atoms with van der Waals surface area (Å²) in [6.45, 7) is 2.08. The lowest BCUT2D eigenvalue weighted by Crippen LogP contribution is -2.25. The Kier molecular flexibility index (Phi) is 10.6. The molecule has 49 heavy (non-hydrogen) atoms. The van der Waals surface area contributed by atoms with Gasteiger partial charge in [0.15, 0.2) is 15.5 Å². The Hall–Kier alpha value is -4.52. The molecule has 0 heterocycles. The van der Waals surface area contributed by atoms with Crippen molar-refractivity contribution < 1.29 is 49.4 Å². The molecule has 6 nitrogen and oxygen atoms in total. The van der Waals surface area contributed by atoms with Gasteiger partial charge in [-0.15, -0.1) is 0 Å². The molecule has 0 spiro atoms. The summed E-state index contributed by atoms with van der Waals surface area (Å²) in [5, 5.41) is 11.0. The molecule has 260 valence electrons. The molecule has 0 saturated heterocycles. The van der Waals surface area contributed by atoms with Gasteiger partial charge in [-0.3, -0.25) is 0 Å². The number of halogens is 6. The van der Waals surface area contributed by atoms with E-state index < -0.39 is 33.8 Å². The van der Waals surface area contributed by atoms with Crippen LogP contribution in [0.2, 0.25) is 0 Å². The zero-order valence-corrected chi connectivity index (χ0v) is 27.1. The van der Waals surface area contributed by atoms with E-state index >= 15 is 0 Å². The second-order valence-corrected chi connectivity index (χ2v) is 13.6. The van der Waals surface area contributed by atoms with E-state index in [9.17, 15) is 34.8 Å². The average Bonchev–Trinajstić information content (AvgIpc) is 3.42. The Balaban J connectivity index is 1.30. The number of oxime groups is 1. The van der Waals surface area contributed by atoms with E-state index in [1.165, 1.54) is 42.5 Å². The van der Waals surface area contributed by atoms with Crippen LogP contribution in [-0.4, -0.2) is 50.7 Å². The number of sulfone groups is 1. The number of nitrogens with zero attached hydrogens (tertiary/aromatic N) is 1. The highest BCUT2D eigenvalue weighted by atomic mass is 32.2. The number of rotatable bonds is 13. The lowest BCUT2D eigenvalue weighted by atomic mass is 9.88. The lowest BCUT2D eigenvalue weighted by molar-refractivity contribution is -0.141. The van der Waals surface area contributed by atoms with Gasteiger partial charge < -0.3 is 14.7 Å². The van der Waals surface area contributed by atoms with Crippen molar-refractivity contribution in [2.75, 3.05) is 19.0 Å². The standard InChI is InChI=1S/C36H33F6NO5S/c1-2-3-21-49(45,46)33-30(18-17-29-28-8-5-4-7-25(28)22-31(29)33)32(35(37,38)39)23-9-13-26(14-10-23)47-19-6-20-48-27-15-11-24(12-16-27)34(43-44)36(40,41)42/h4-5,7-18,32,44H,2-3,6,19-22H2,1H3. The van der Waals surface area contributed by atoms with Crippen LogP contribution in [0.5, 0.6) is 11.5 Å². The molecular weight excluding hydrogens is 672 g/mol. The van der Waals surface area contributed by atoms with Crippen molar-refractivity contribution >= 4 is 15.5 Å². The number of alkyl halides is 6. The monoisotopic (exact) mass is 705 g/mol. The summed E-state index contributed by atoms with van der Waals surface area (Å²) in [6.07, 6.45) is -8.17. The first kappa shape index (κ1) is 35.8. The summed E-state index contributed by atoms with van der Waals surface area (Å²) < 4.78 is 122. The molecule has 4 aromatic carbocycles. The fraction of sp³-hybridized carbons (Fsp3) is 0.306. The highest BCUT2D eigenvalue weighted by molar-refractivity contribution is 7.91. The minimum absolute atomic E-state index is 0.126. The van der Waals surface area contributed by atoms with Crippen LogP contribution in [0.4, 0.5) is 26.3 Å². The largest absolute Gasteiger partial charge is 0.493 e. The first-order chi connectivity index (χ1) is 23.2. The molecule has 1 aliphatic carbocycles. The van der Waals surface area contributed by atoms with Gasteiger partial charge in [0, 0.05) is 12.0 Å². The number of benzene rings is 4. The molecule has 0 bridgehead atoms. The number of hydrogen-bond donors (Lipinski definition) is 1. The van der Waals surface area contributed by atoms with Crippen LogP contribution >= 0.6 is 0 Å². The van der Waals surface area contributed by atoms with E-state index in [0.29, 0.717) is 30.4 Å². The summed E-state index contributed by atoms with van der Waals surface area (Å²) in [6, 6.07) is 20.4. The van der Waals surface area contributed by atoms with E-state index in [1.54, 1.807) is 6.07 Å². The normalized spacial score (nSPS) is 13.9. The summed E-state index contributed by atoms with van der Waals surface area (Å²) in [4.78, 5) is -0.241.